The van der Waals surface area contributed by atoms with Crippen molar-refractivity contribution in [1.82, 2.24) is 15.2 Å². The molecule has 1 N–H and O–H groups in total. The highest BCUT2D eigenvalue weighted by Crippen LogP contribution is 2.37. The number of hydrogen-bond acceptors (Lipinski definition) is 4. The van der Waals surface area contributed by atoms with Crippen LogP contribution in [0.1, 0.15) is 36.9 Å². The Balaban J connectivity index is 1.84. The molecule has 1 fully saturated rings. The molecule has 2 aromatic rings. The lowest BCUT2D eigenvalue weighted by Crippen LogP contribution is -2.47. The van der Waals surface area contributed by atoms with Crippen LogP contribution in [0.2, 0.25) is 0 Å². The second-order valence-corrected chi connectivity index (χ2v) is 6.62. The summed E-state index contributed by atoms with van der Waals surface area (Å²) in [7, 11) is 1.61. The summed E-state index contributed by atoms with van der Waals surface area (Å²) in [5.41, 5.74) is 1.92. The second-order valence-electron chi connectivity index (χ2n) is 6.62. The van der Waals surface area contributed by atoms with Crippen LogP contribution in [0.25, 0.3) is 0 Å². The molecule has 142 valence electrons. The van der Waals surface area contributed by atoms with Gasteiger partial charge in [-0.25, -0.2) is 0 Å². The maximum Gasteiger partial charge on any atom is 0.225 e. The van der Waals surface area contributed by atoms with Crippen molar-refractivity contribution in [3.63, 3.8) is 0 Å². The van der Waals surface area contributed by atoms with Gasteiger partial charge in [-0.2, -0.15) is 0 Å². The van der Waals surface area contributed by atoms with E-state index in [2.05, 4.69) is 10.3 Å². The van der Waals surface area contributed by atoms with Crippen molar-refractivity contribution < 1.29 is 14.3 Å². The van der Waals surface area contributed by atoms with Crippen LogP contribution in [0.3, 0.4) is 0 Å². The Hall–Kier alpha value is -2.89. The fourth-order valence-corrected chi connectivity index (χ4v) is 3.66. The van der Waals surface area contributed by atoms with Gasteiger partial charge in [0, 0.05) is 31.9 Å². The van der Waals surface area contributed by atoms with Crippen LogP contribution in [0.5, 0.6) is 5.75 Å². The Morgan fingerprint density at radius 2 is 2.07 bits per heavy atom. The van der Waals surface area contributed by atoms with Crippen molar-refractivity contribution in [2.75, 3.05) is 13.7 Å². The molecule has 2 amide bonds. The molecule has 1 aliphatic heterocycles. The molecule has 2 heterocycles. The summed E-state index contributed by atoms with van der Waals surface area (Å²) < 4.78 is 5.33. The van der Waals surface area contributed by atoms with Crippen LogP contribution in [-0.2, 0) is 16.1 Å². The standard InChI is InChI=1S/C21H25N3O3/c1-3-24-19(25)8-7-18(20(24)16-5-4-6-17(13-16)27-2)21(26)23-14-15-9-11-22-12-10-15/h4-6,9-13,18,20H,3,7-8,14H2,1-2H3,(H,23,26)/t18-,20+/m1/s1. The van der Waals surface area contributed by atoms with Crippen LogP contribution in [0.15, 0.2) is 48.8 Å². The molecule has 0 unspecified atom stereocenters. The molecule has 1 aromatic carbocycles. The van der Waals surface area contributed by atoms with E-state index in [1.807, 2.05) is 43.3 Å². The molecule has 0 saturated carbocycles. The first kappa shape index (κ1) is 18.9. The monoisotopic (exact) mass is 367 g/mol. The first-order chi connectivity index (χ1) is 13.1. The highest BCUT2D eigenvalue weighted by molar-refractivity contribution is 5.85. The number of nitrogens with zero attached hydrogens (tertiary/aromatic N) is 2. The van der Waals surface area contributed by atoms with Crippen LogP contribution < -0.4 is 10.1 Å². The largest absolute Gasteiger partial charge is 0.497 e. The van der Waals surface area contributed by atoms with E-state index in [1.54, 1.807) is 24.4 Å². The summed E-state index contributed by atoms with van der Waals surface area (Å²) in [5.74, 6) is 0.475. The number of carbonyl (C=O) groups excluding carboxylic acids is 2. The number of piperidine rings is 1. The Morgan fingerprint density at radius 3 is 2.78 bits per heavy atom. The van der Waals surface area contributed by atoms with Gasteiger partial charge in [-0.1, -0.05) is 12.1 Å². The van der Waals surface area contributed by atoms with Gasteiger partial charge >= 0.3 is 0 Å². The minimum atomic E-state index is -0.295. The van der Waals surface area contributed by atoms with Crippen molar-refractivity contribution >= 4 is 11.8 Å². The number of likely N-dealkylation sites (tertiary alicyclic amines) is 1. The molecule has 6 nitrogen and oxygen atoms in total. The average Bonchev–Trinajstić information content (AvgIpc) is 2.72. The summed E-state index contributed by atoms with van der Waals surface area (Å²) in [6, 6.07) is 11.1. The van der Waals surface area contributed by atoms with E-state index in [-0.39, 0.29) is 23.8 Å². The molecule has 3 rings (SSSR count). The van der Waals surface area contributed by atoms with Gasteiger partial charge in [0.2, 0.25) is 11.8 Å². The number of ether oxygens (including phenoxy) is 1. The molecule has 1 saturated heterocycles. The van der Waals surface area contributed by atoms with Crippen LogP contribution in [0.4, 0.5) is 0 Å². The average molecular weight is 367 g/mol. The molecule has 1 aromatic heterocycles. The van der Waals surface area contributed by atoms with E-state index in [4.69, 9.17) is 4.74 Å². The van der Waals surface area contributed by atoms with Crippen molar-refractivity contribution in [2.24, 2.45) is 5.92 Å². The van der Waals surface area contributed by atoms with Crippen molar-refractivity contribution in [3.8, 4) is 5.75 Å². The molecule has 27 heavy (non-hydrogen) atoms. The summed E-state index contributed by atoms with van der Waals surface area (Å²) >= 11 is 0. The lowest BCUT2D eigenvalue weighted by atomic mass is 9.83. The molecular formula is C21H25N3O3. The van der Waals surface area contributed by atoms with E-state index >= 15 is 0 Å². The smallest absolute Gasteiger partial charge is 0.225 e. The maximum absolute atomic E-state index is 13.0. The third-order valence-corrected chi connectivity index (χ3v) is 5.04. The van der Waals surface area contributed by atoms with Crippen LogP contribution >= 0.6 is 0 Å². The van der Waals surface area contributed by atoms with Gasteiger partial charge in [0.25, 0.3) is 0 Å². The fourth-order valence-electron chi connectivity index (χ4n) is 3.66. The molecule has 0 spiro atoms. The minimum Gasteiger partial charge on any atom is -0.497 e. The van der Waals surface area contributed by atoms with Gasteiger partial charge in [-0.15, -0.1) is 0 Å². The van der Waals surface area contributed by atoms with E-state index < -0.39 is 0 Å². The normalized spacial score (nSPS) is 19.6. The van der Waals surface area contributed by atoms with Crippen molar-refractivity contribution in [1.29, 1.82) is 0 Å². The minimum absolute atomic E-state index is 0.0365. The van der Waals surface area contributed by atoms with Gasteiger partial charge in [-0.05, 0) is 48.7 Å². The highest BCUT2D eigenvalue weighted by atomic mass is 16.5. The van der Waals surface area contributed by atoms with Gasteiger partial charge in [0.1, 0.15) is 5.75 Å². The zero-order valence-electron chi connectivity index (χ0n) is 15.7. The number of rotatable bonds is 6. The number of hydrogen-bond donors (Lipinski definition) is 1. The molecule has 0 aliphatic carbocycles. The molecule has 2 atom stereocenters. The summed E-state index contributed by atoms with van der Waals surface area (Å²) in [6.07, 6.45) is 4.35. The van der Waals surface area contributed by atoms with E-state index in [0.29, 0.717) is 25.9 Å². The molecule has 0 radical (unpaired) electrons. The van der Waals surface area contributed by atoms with Gasteiger partial charge in [-0.3, -0.25) is 14.6 Å². The molecular weight excluding hydrogens is 342 g/mol. The number of methoxy groups -OCH3 is 1. The Bertz CT molecular complexity index is 794. The lowest BCUT2D eigenvalue weighted by Gasteiger charge is -2.40. The lowest BCUT2D eigenvalue weighted by molar-refractivity contribution is -0.143. The first-order valence-corrected chi connectivity index (χ1v) is 9.24. The van der Waals surface area contributed by atoms with Crippen LogP contribution in [-0.4, -0.2) is 35.4 Å². The molecule has 0 bridgehead atoms. The number of aromatic nitrogens is 1. The zero-order valence-corrected chi connectivity index (χ0v) is 15.7. The van der Waals surface area contributed by atoms with Crippen molar-refractivity contribution in [3.05, 3.63) is 59.9 Å². The number of benzene rings is 1. The maximum atomic E-state index is 13.0. The third-order valence-electron chi connectivity index (χ3n) is 5.04. The fraction of sp³-hybridized carbons (Fsp3) is 0.381. The van der Waals surface area contributed by atoms with E-state index in [9.17, 15) is 9.59 Å². The van der Waals surface area contributed by atoms with Crippen LogP contribution in [0, 0.1) is 5.92 Å². The number of carbonyl (C=O) groups is 2. The highest BCUT2D eigenvalue weighted by Gasteiger charge is 2.39. The third kappa shape index (κ3) is 4.27. The van der Waals surface area contributed by atoms with E-state index in [1.165, 1.54) is 0 Å². The quantitative estimate of drug-likeness (QED) is 0.852. The predicted octanol–water partition coefficient (Wildman–Crippen LogP) is 2.71. The number of amides is 2. The first-order valence-electron chi connectivity index (χ1n) is 9.24. The number of nitrogens with one attached hydrogen (secondary N) is 1. The van der Waals surface area contributed by atoms with Crippen molar-refractivity contribution in [2.45, 2.75) is 32.4 Å². The Labute approximate surface area is 159 Å². The summed E-state index contributed by atoms with van der Waals surface area (Å²) in [6.45, 7) is 2.96. The molecule has 1 aliphatic rings. The zero-order chi connectivity index (χ0) is 19.2. The summed E-state index contributed by atoms with van der Waals surface area (Å²) in [4.78, 5) is 31.2. The Kier molecular flexibility index (Phi) is 6.06. The van der Waals surface area contributed by atoms with Gasteiger partial charge in [0.15, 0.2) is 0 Å². The van der Waals surface area contributed by atoms with E-state index in [0.717, 1.165) is 16.9 Å². The second kappa shape index (κ2) is 8.66. The van der Waals surface area contributed by atoms with Gasteiger partial charge in [0.05, 0.1) is 19.1 Å². The SMILES string of the molecule is CCN1C(=O)CC[C@@H](C(=O)NCc2ccncc2)[C@@H]1c1cccc(OC)c1. The Morgan fingerprint density at radius 1 is 1.30 bits per heavy atom. The number of pyridine rings is 1. The summed E-state index contributed by atoms with van der Waals surface area (Å²) in [5, 5.41) is 3.02. The predicted molar refractivity (Wildman–Crippen MR) is 102 cm³/mol. The molecule has 6 heteroatoms. The van der Waals surface area contributed by atoms with Gasteiger partial charge < -0.3 is 15.0 Å². The topological polar surface area (TPSA) is 71.5 Å².